The first-order chi connectivity index (χ1) is 6.68. The quantitative estimate of drug-likeness (QED) is 0.788. The van der Waals surface area contributed by atoms with Crippen LogP contribution in [0.5, 0.6) is 0 Å². The van der Waals surface area contributed by atoms with Crippen LogP contribution < -0.4 is 0 Å². The van der Waals surface area contributed by atoms with E-state index < -0.39 is 0 Å². The van der Waals surface area contributed by atoms with E-state index in [-0.39, 0.29) is 0 Å². The summed E-state index contributed by atoms with van der Waals surface area (Å²) >= 11 is 6.96. The van der Waals surface area contributed by atoms with E-state index in [1.807, 2.05) is 25.2 Å². The standard InChI is InChI=1S/C10H7Br2N2/c1-14-10(4-5-13-14)8-6-7(11)2-3-9(8)12/h2-4,6H,1H3. The topological polar surface area (TPSA) is 17.8 Å². The molecule has 0 saturated heterocycles. The zero-order valence-electron chi connectivity index (χ0n) is 7.46. The van der Waals surface area contributed by atoms with E-state index in [2.05, 4.69) is 49.2 Å². The molecule has 0 spiro atoms. The second kappa shape index (κ2) is 3.87. The number of aryl methyl sites for hydroxylation is 1. The number of aromatic nitrogens is 2. The van der Waals surface area contributed by atoms with Gasteiger partial charge in [-0.05, 0) is 24.3 Å². The molecule has 14 heavy (non-hydrogen) atoms. The van der Waals surface area contributed by atoms with Crippen LogP contribution in [-0.2, 0) is 7.05 Å². The highest BCUT2D eigenvalue weighted by molar-refractivity contribution is 9.11. The smallest absolute Gasteiger partial charge is 0.113 e. The van der Waals surface area contributed by atoms with Crippen molar-refractivity contribution in [1.29, 1.82) is 0 Å². The molecule has 0 atom stereocenters. The van der Waals surface area contributed by atoms with Gasteiger partial charge in [0.15, 0.2) is 0 Å². The number of benzene rings is 1. The summed E-state index contributed by atoms with van der Waals surface area (Å²) in [5.41, 5.74) is 2.15. The Morgan fingerprint density at radius 2 is 2.14 bits per heavy atom. The van der Waals surface area contributed by atoms with Gasteiger partial charge in [0, 0.05) is 21.6 Å². The van der Waals surface area contributed by atoms with Gasteiger partial charge in [-0.25, -0.2) is 0 Å². The third-order valence-corrected chi connectivity index (χ3v) is 3.15. The minimum Gasteiger partial charge on any atom is -0.267 e. The average molecular weight is 315 g/mol. The average Bonchev–Trinajstić information content (AvgIpc) is 2.56. The number of hydrogen-bond acceptors (Lipinski definition) is 1. The van der Waals surface area contributed by atoms with E-state index in [1.54, 1.807) is 4.68 Å². The van der Waals surface area contributed by atoms with Crippen molar-refractivity contribution in [3.8, 4) is 11.3 Å². The monoisotopic (exact) mass is 313 g/mol. The zero-order valence-corrected chi connectivity index (χ0v) is 10.6. The summed E-state index contributed by atoms with van der Waals surface area (Å²) in [6.45, 7) is 0. The maximum atomic E-state index is 4.02. The van der Waals surface area contributed by atoms with Crippen molar-refractivity contribution in [2.24, 2.45) is 7.05 Å². The Hall–Kier alpha value is -0.610. The van der Waals surface area contributed by atoms with Crippen molar-refractivity contribution in [3.63, 3.8) is 0 Å². The van der Waals surface area contributed by atoms with Crippen LogP contribution in [0.4, 0.5) is 0 Å². The van der Waals surface area contributed by atoms with Crippen molar-refractivity contribution in [2.75, 3.05) is 0 Å². The molecular formula is C10H7Br2N2. The van der Waals surface area contributed by atoms with E-state index in [1.165, 1.54) is 0 Å². The van der Waals surface area contributed by atoms with Gasteiger partial charge in [-0.3, -0.25) is 4.68 Å². The first-order valence-corrected chi connectivity index (χ1v) is 5.62. The lowest BCUT2D eigenvalue weighted by Crippen LogP contribution is -1.93. The fraction of sp³-hybridized carbons (Fsp3) is 0.100. The zero-order chi connectivity index (χ0) is 10.1. The molecule has 2 nitrogen and oxygen atoms in total. The Morgan fingerprint density at radius 3 is 2.79 bits per heavy atom. The molecule has 0 bridgehead atoms. The van der Waals surface area contributed by atoms with Crippen molar-refractivity contribution in [2.45, 2.75) is 0 Å². The predicted molar refractivity (Wildman–Crippen MR) is 62.9 cm³/mol. The SMILES string of the molecule is Cn1n[c]cc1-c1cc(Br)ccc1Br. The summed E-state index contributed by atoms with van der Waals surface area (Å²) in [4.78, 5) is 0. The minimum atomic E-state index is 1.04. The molecule has 0 amide bonds. The molecule has 0 aliphatic carbocycles. The molecule has 4 heteroatoms. The number of hydrogen-bond donors (Lipinski definition) is 0. The summed E-state index contributed by atoms with van der Waals surface area (Å²) in [6.07, 6.45) is 2.82. The second-order valence-corrected chi connectivity index (χ2v) is 4.68. The lowest BCUT2D eigenvalue weighted by molar-refractivity contribution is 0.773. The first-order valence-electron chi connectivity index (χ1n) is 4.04. The van der Waals surface area contributed by atoms with E-state index in [0.29, 0.717) is 0 Å². The van der Waals surface area contributed by atoms with Gasteiger partial charge in [-0.2, -0.15) is 5.10 Å². The molecular weight excluding hydrogens is 308 g/mol. The highest BCUT2D eigenvalue weighted by atomic mass is 79.9. The summed E-state index contributed by atoms with van der Waals surface area (Å²) < 4.78 is 3.90. The highest BCUT2D eigenvalue weighted by Crippen LogP contribution is 2.30. The van der Waals surface area contributed by atoms with Crippen LogP contribution >= 0.6 is 31.9 Å². The Labute approximate surface area is 99.2 Å². The summed E-state index contributed by atoms with van der Waals surface area (Å²) in [7, 11) is 1.90. The summed E-state index contributed by atoms with van der Waals surface area (Å²) in [5, 5.41) is 4.02. The van der Waals surface area contributed by atoms with E-state index in [0.717, 1.165) is 20.2 Å². The van der Waals surface area contributed by atoms with Gasteiger partial charge in [0.2, 0.25) is 0 Å². The Bertz CT molecular complexity index is 463. The van der Waals surface area contributed by atoms with Crippen LogP contribution in [0.2, 0.25) is 0 Å². The maximum absolute atomic E-state index is 4.02. The molecule has 1 aromatic carbocycles. The molecule has 0 fully saturated rings. The van der Waals surface area contributed by atoms with Crippen LogP contribution in [-0.4, -0.2) is 9.78 Å². The molecule has 1 heterocycles. The molecule has 2 rings (SSSR count). The van der Waals surface area contributed by atoms with Crippen molar-refractivity contribution < 1.29 is 0 Å². The Morgan fingerprint density at radius 1 is 1.36 bits per heavy atom. The number of rotatable bonds is 1. The van der Waals surface area contributed by atoms with E-state index in [9.17, 15) is 0 Å². The third kappa shape index (κ3) is 1.77. The van der Waals surface area contributed by atoms with Crippen LogP contribution in [0.15, 0.2) is 33.2 Å². The minimum absolute atomic E-state index is 1.04. The second-order valence-electron chi connectivity index (χ2n) is 2.91. The molecule has 0 N–H and O–H groups in total. The molecule has 1 aromatic heterocycles. The maximum Gasteiger partial charge on any atom is 0.113 e. The number of halogens is 2. The fourth-order valence-electron chi connectivity index (χ4n) is 1.27. The molecule has 0 aliphatic heterocycles. The van der Waals surface area contributed by atoms with Crippen LogP contribution in [0.3, 0.4) is 0 Å². The van der Waals surface area contributed by atoms with Crippen molar-refractivity contribution in [1.82, 2.24) is 9.78 Å². The van der Waals surface area contributed by atoms with Gasteiger partial charge in [0.1, 0.15) is 6.20 Å². The van der Waals surface area contributed by atoms with Crippen LogP contribution in [0, 0.1) is 6.20 Å². The first kappa shape index (κ1) is 9.93. The fourth-order valence-corrected chi connectivity index (χ4v) is 2.08. The Kier molecular flexibility index (Phi) is 2.74. The molecule has 2 aromatic rings. The summed E-state index contributed by atoms with van der Waals surface area (Å²) in [5.74, 6) is 0. The van der Waals surface area contributed by atoms with Crippen molar-refractivity contribution in [3.05, 3.63) is 39.4 Å². The molecule has 71 valence electrons. The summed E-state index contributed by atoms with van der Waals surface area (Å²) in [6, 6.07) is 7.92. The van der Waals surface area contributed by atoms with Crippen molar-refractivity contribution >= 4 is 31.9 Å². The van der Waals surface area contributed by atoms with Crippen LogP contribution in [0.25, 0.3) is 11.3 Å². The van der Waals surface area contributed by atoms with Gasteiger partial charge >= 0.3 is 0 Å². The molecule has 0 aliphatic rings. The van der Waals surface area contributed by atoms with E-state index >= 15 is 0 Å². The van der Waals surface area contributed by atoms with Gasteiger partial charge in [-0.1, -0.05) is 31.9 Å². The highest BCUT2D eigenvalue weighted by Gasteiger charge is 2.07. The molecule has 1 radical (unpaired) electrons. The van der Waals surface area contributed by atoms with Gasteiger partial charge in [0.05, 0.1) is 5.69 Å². The Balaban J connectivity index is 2.62. The molecule has 0 saturated carbocycles. The molecule has 0 unspecified atom stereocenters. The van der Waals surface area contributed by atoms with E-state index in [4.69, 9.17) is 0 Å². The predicted octanol–water partition coefficient (Wildman–Crippen LogP) is 3.41. The third-order valence-electron chi connectivity index (χ3n) is 1.96. The number of nitrogens with zero attached hydrogens (tertiary/aromatic N) is 2. The van der Waals surface area contributed by atoms with Crippen LogP contribution in [0.1, 0.15) is 0 Å². The lowest BCUT2D eigenvalue weighted by Gasteiger charge is -2.05. The normalized spacial score (nSPS) is 10.5. The van der Waals surface area contributed by atoms with Gasteiger partial charge in [-0.15, -0.1) is 0 Å². The van der Waals surface area contributed by atoms with Gasteiger partial charge < -0.3 is 0 Å². The lowest BCUT2D eigenvalue weighted by atomic mass is 10.1. The van der Waals surface area contributed by atoms with Gasteiger partial charge in [0.25, 0.3) is 0 Å². The largest absolute Gasteiger partial charge is 0.267 e.